The van der Waals surface area contributed by atoms with E-state index in [1.807, 2.05) is 61.5 Å². The Morgan fingerprint density at radius 1 is 0.941 bits per heavy atom. The summed E-state index contributed by atoms with van der Waals surface area (Å²) >= 11 is 0. The van der Waals surface area contributed by atoms with Gasteiger partial charge < -0.3 is 14.2 Å². The molecule has 0 atom stereocenters. The third-order valence-corrected chi connectivity index (χ3v) is 11.5. The second-order valence-electron chi connectivity index (χ2n) is 2.86. The zero-order valence-electron chi connectivity index (χ0n) is 10.9. The summed E-state index contributed by atoms with van der Waals surface area (Å²) in [5.41, 5.74) is 0. The zero-order chi connectivity index (χ0) is 13.0. The number of hydrogen-bond donors (Lipinski definition) is 0. The van der Waals surface area contributed by atoms with Crippen LogP contribution in [0.5, 0.6) is 0 Å². The monoisotopic (exact) mass is 334 g/mol. The van der Waals surface area contributed by atoms with Crippen LogP contribution in [0.25, 0.3) is 0 Å². The first-order chi connectivity index (χ1) is 8.24. The van der Waals surface area contributed by atoms with Crippen LogP contribution < -0.4 is 0 Å². The topological polar surface area (TPSA) is 27.7 Å². The molecule has 0 aromatic carbocycles. The average Bonchev–Trinajstić information content (AvgIpc) is 2.30. The Bertz CT molecular complexity index is 159. The molecule has 3 nitrogen and oxygen atoms in total. The molecular weight excluding hydrogens is 312 g/mol. The Labute approximate surface area is 123 Å². The maximum atomic E-state index is 5.64. The van der Waals surface area contributed by atoms with Crippen LogP contribution in [-0.2, 0) is 14.2 Å². The van der Waals surface area contributed by atoms with Crippen molar-refractivity contribution in [1.82, 2.24) is 0 Å². The van der Waals surface area contributed by atoms with E-state index in [2.05, 4.69) is 0 Å². The van der Waals surface area contributed by atoms with Gasteiger partial charge in [0.15, 0.2) is 0 Å². The Hall–Kier alpha value is 1.50. The lowest BCUT2D eigenvalue weighted by Crippen LogP contribution is -2.40. The molecule has 0 fully saturated rings. The molecule has 0 N–H and O–H groups in total. The third-order valence-electron chi connectivity index (χ3n) is 1.73. The normalized spacial score (nSPS) is 12.2. The summed E-state index contributed by atoms with van der Waals surface area (Å²) in [6, 6.07) is 0. The molecule has 0 bridgehead atoms. The van der Waals surface area contributed by atoms with Crippen LogP contribution in [0, 0.1) is 0 Å². The van der Waals surface area contributed by atoms with Crippen LogP contribution in [0.3, 0.4) is 0 Å². The first-order valence-electron chi connectivity index (χ1n) is 5.65. The quantitative estimate of drug-likeness (QED) is 0.234. The summed E-state index contributed by atoms with van der Waals surface area (Å²) in [6.45, 7) is 7.68. The highest BCUT2D eigenvalue weighted by molar-refractivity contribution is 9.28. The van der Waals surface area contributed by atoms with Crippen molar-refractivity contribution in [3.05, 3.63) is 0 Å². The van der Waals surface area contributed by atoms with Gasteiger partial charge in [-0.15, -0.1) is 10.2 Å². The minimum absolute atomic E-state index is 0.600. The highest BCUT2D eigenvalue weighted by atomic mass is 33.7. The van der Waals surface area contributed by atoms with E-state index < -0.39 is 5.97 Å². The Morgan fingerprint density at radius 2 is 1.47 bits per heavy atom. The van der Waals surface area contributed by atoms with Crippen LogP contribution in [0.2, 0.25) is 0 Å². The van der Waals surface area contributed by atoms with Gasteiger partial charge in [0.2, 0.25) is 0 Å². The van der Waals surface area contributed by atoms with Crippen LogP contribution in [0.15, 0.2) is 0 Å². The van der Waals surface area contributed by atoms with Crippen molar-refractivity contribution in [2.75, 3.05) is 25.6 Å². The van der Waals surface area contributed by atoms with Gasteiger partial charge in [0.25, 0.3) is 5.97 Å². The molecule has 0 aliphatic rings. The predicted molar refractivity (Wildman–Crippen MR) is 87.4 cm³/mol. The van der Waals surface area contributed by atoms with E-state index in [-0.39, 0.29) is 0 Å². The lowest BCUT2D eigenvalue weighted by atomic mass is 10.4. The zero-order valence-corrected chi connectivity index (χ0v) is 16.2. The van der Waals surface area contributed by atoms with Gasteiger partial charge in [-0.05, 0) is 40.4 Å². The fraction of sp³-hybridized carbons (Fsp3) is 1.00. The lowest BCUT2D eigenvalue weighted by molar-refractivity contribution is -0.377. The summed E-state index contributed by atoms with van der Waals surface area (Å²) in [4.78, 5) is 0. The fourth-order valence-electron chi connectivity index (χ4n) is 1.25. The Kier molecular flexibility index (Phi) is 13.6. The van der Waals surface area contributed by atoms with E-state index in [1.165, 1.54) is 9.39 Å². The predicted octanol–water partition coefficient (Wildman–Crippen LogP) is 3.10. The van der Waals surface area contributed by atoms with Crippen molar-refractivity contribution < 1.29 is 14.2 Å². The molecule has 0 saturated carbocycles. The van der Waals surface area contributed by atoms with Gasteiger partial charge in [-0.3, -0.25) is 0 Å². The standard InChI is InChI=1S/C9H22O3S4Si/c1-4-10-9(11-5-2,12-6-3)7-8-13-14-15-16-17/h4-8H2,1-3,17H3. The molecule has 0 amide bonds. The first-order valence-corrected chi connectivity index (χ1v) is 13.5. The number of hydrogen-bond acceptors (Lipinski definition) is 7. The van der Waals surface area contributed by atoms with Crippen molar-refractivity contribution in [2.45, 2.75) is 33.2 Å². The van der Waals surface area contributed by atoms with Crippen molar-refractivity contribution in [1.29, 1.82) is 0 Å². The summed E-state index contributed by atoms with van der Waals surface area (Å²) in [7, 11) is 8.54. The van der Waals surface area contributed by atoms with Crippen LogP contribution in [-0.4, -0.2) is 40.9 Å². The van der Waals surface area contributed by atoms with Crippen molar-refractivity contribution in [3.8, 4) is 0 Å². The summed E-state index contributed by atoms with van der Waals surface area (Å²) in [5, 5.41) is 0. The Morgan fingerprint density at radius 3 is 1.88 bits per heavy atom. The van der Waals surface area contributed by atoms with Crippen LogP contribution in [0.1, 0.15) is 27.2 Å². The summed E-state index contributed by atoms with van der Waals surface area (Å²) in [5.74, 6) is 0.115. The molecule has 0 unspecified atom stereocenters. The van der Waals surface area contributed by atoms with E-state index in [9.17, 15) is 0 Å². The van der Waals surface area contributed by atoms with E-state index in [4.69, 9.17) is 14.2 Å². The smallest absolute Gasteiger partial charge is 0.283 e. The SMILES string of the molecule is CCOC(CCSSSS[SiH3])(OCC)OCC. The second kappa shape index (κ2) is 12.5. The second-order valence-corrected chi connectivity index (χ2v) is 12.1. The summed E-state index contributed by atoms with van der Waals surface area (Å²) in [6.07, 6.45) is 0.757. The average molecular weight is 335 g/mol. The van der Waals surface area contributed by atoms with E-state index >= 15 is 0 Å². The lowest BCUT2D eigenvalue weighted by Gasteiger charge is -2.32. The molecule has 0 aromatic heterocycles. The molecule has 8 heteroatoms. The molecule has 0 aromatic rings. The number of ether oxygens (including phenoxy) is 3. The van der Waals surface area contributed by atoms with E-state index in [0.29, 0.717) is 19.8 Å². The van der Waals surface area contributed by atoms with Gasteiger partial charge in [0.1, 0.15) is 0 Å². The highest BCUT2D eigenvalue weighted by Gasteiger charge is 2.31. The van der Waals surface area contributed by atoms with Gasteiger partial charge in [-0.25, -0.2) is 0 Å². The third kappa shape index (κ3) is 9.09. The molecule has 0 spiro atoms. The van der Waals surface area contributed by atoms with Crippen LogP contribution >= 0.6 is 40.7 Å². The van der Waals surface area contributed by atoms with Gasteiger partial charge in [0, 0.05) is 32.0 Å². The van der Waals surface area contributed by atoms with Gasteiger partial charge in [-0.2, -0.15) is 0 Å². The fourth-order valence-corrected chi connectivity index (χ4v) is 11.0. The largest absolute Gasteiger partial charge is 0.328 e. The molecule has 17 heavy (non-hydrogen) atoms. The van der Waals surface area contributed by atoms with Crippen LogP contribution in [0.4, 0.5) is 0 Å². The minimum Gasteiger partial charge on any atom is -0.328 e. The van der Waals surface area contributed by atoms with E-state index in [0.717, 1.165) is 12.2 Å². The highest BCUT2D eigenvalue weighted by Crippen LogP contribution is 2.42. The van der Waals surface area contributed by atoms with E-state index in [1.54, 1.807) is 0 Å². The molecular formula is C9H22O3S4Si. The Balaban J connectivity index is 4.05. The molecule has 104 valence electrons. The summed E-state index contributed by atoms with van der Waals surface area (Å²) < 4.78 is 16.9. The maximum Gasteiger partial charge on any atom is 0.283 e. The molecule has 0 saturated heterocycles. The molecule has 0 aliphatic carbocycles. The van der Waals surface area contributed by atoms with Crippen molar-refractivity contribution in [2.24, 2.45) is 0 Å². The molecule has 0 radical (unpaired) electrons. The minimum atomic E-state index is -0.843. The van der Waals surface area contributed by atoms with Crippen molar-refractivity contribution in [3.63, 3.8) is 0 Å². The molecule has 0 aliphatic heterocycles. The molecule has 0 rings (SSSR count). The van der Waals surface area contributed by atoms with Gasteiger partial charge in [0.05, 0.1) is 9.39 Å². The van der Waals surface area contributed by atoms with Gasteiger partial charge >= 0.3 is 0 Å². The molecule has 0 heterocycles. The number of rotatable bonds is 12. The van der Waals surface area contributed by atoms with Gasteiger partial charge in [-0.1, -0.05) is 10.8 Å². The first kappa shape index (κ1) is 18.5. The van der Waals surface area contributed by atoms with Crippen molar-refractivity contribution >= 4 is 50.1 Å². The maximum absolute atomic E-state index is 5.64.